The molecule has 0 radical (unpaired) electrons. The van der Waals surface area contributed by atoms with Crippen LogP contribution in [0.4, 0.5) is 0 Å². The van der Waals surface area contributed by atoms with Crippen molar-refractivity contribution in [3.8, 4) is 0 Å². The van der Waals surface area contributed by atoms with Gasteiger partial charge in [0, 0.05) is 17.1 Å². The van der Waals surface area contributed by atoms with Crippen LogP contribution in [-0.2, 0) is 6.42 Å². The van der Waals surface area contributed by atoms with Crippen molar-refractivity contribution >= 4 is 5.78 Å². The summed E-state index contributed by atoms with van der Waals surface area (Å²) in [6.45, 7) is 8.29. The maximum Gasteiger partial charge on any atom is 0.234 e. The number of imidazole rings is 1. The van der Waals surface area contributed by atoms with E-state index in [0.29, 0.717) is 0 Å². The molecule has 0 saturated carbocycles. The first-order chi connectivity index (χ1) is 6.63. The van der Waals surface area contributed by atoms with Crippen molar-refractivity contribution in [3.05, 3.63) is 28.8 Å². The molecule has 2 heterocycles. The Balaban J connectivity index is 2.88. The van der Waals surface area contributed by atoms with Gasteiger partial charge in [-0.25, -0.2) is 9.97 Å². The van der Waals surface area contributed by atoms with E-state index >= 15 is 0 Å². The molecule has 2 rings (SSSR count). The van der Waals surface area contributed by atoms with Crippen LogP contribution in [0.25, 0.3) is 5.78 Å². The van der Waals surface area contributed by atoms with Crippen molar-refractivity contribution in [2.45, 2.75) is 34.1 Å². The van der Waals surface area contributed by atoms with Crippen LogP contribution in [0.15, 0.2) is 6.07 Å². The van der Waals surface area contributed by atoms with Gasteiger partial charge >= 0.3 is 0 Å². The van der Waals surface area contributed by atoms with E-state index in [4.69, 9.17) is 0 Å². The third-order valence-electron chi connectivity index (χ3n) is 2.54. The number of nitrogens with zero attached hydrogens (tertiary/aromatic N) is 3. The summed E-state index contributed by atoms with van der Waals surface area (Å²) in [5, 5.41) is 0. The minimum absolute atomic E-state index is 0.830. The van der Waals surface area contributed by atoms with Gasteiger partial charge in [0.05, 0.1) is 5.69 Å². The largest absolute Gasteiger partial charge is 0.285 e. The van der Waals surface area contributed by atoms with E-state index in [2.05, 4.69) is 34.3 Å². The quantitative estimate of drug-likeness (QED) is 0.688. The molecule has 0 amide bonds. The lowest BCUT2D eigenvalue weighted by molar-refractivity contribution is 0.923. The number of aromatic nitrogens is 3. The highest BCUT2D eigenvalue weighted by Gasteiger charge is 2.09. The Morgan fingerprint density at radius 3 is 2.57 bits per heavy atom. The standard InChI is InChI=1S/C11H15N3/c1-5-10-9(4)13-11-12-7(2)6-8(3)14(10)11/h6H,5H2,1-4H3. The number of rotatable bonds is 1. The first-order valence-electron chi connectivity index (χ1n) is 4.95. The minimum atomic E-state index is 0.830. The zero-order valence-electron chi connectivity index (χ0n) is 9.13. The van der Waals surface area contributed by atoms with E-state index in [1.54, 1.807) is 0 Å². The van der Waals surface area contributed by atoms with Crippen molar-refractivity contribution in [2.24, 2.45) is 0 Å². The smallest absolute Gasteiger partial charge is 0.234 e. The van der Waals surface area contributed by atoms with Crippen LogP contribution < -0.4 is 0 Å². The van der Waals surface area contributed by atoms with Gasteiger partial charge in [-0.3, -0.25) is 4.40 Å². The molecule has 0 spiro atoms. The fourth-order valence-corrected chi connectivity index (χ4v) is 1.96. The number of fused-ring (bicyclic) bond motifs is 1. The van der Waals surface area contributed by atoms with Crippen molar-refractivity contribution in [1.82, 2.24) is 14.4 Å². The lowest BCUT2D eigenvalue weighted by atomic mass is 10.2. The van der Waals surface area contributed by atoms with E-state index in [1.165, 1.54) is 11.4 Å². The van der Waals surface area contributed by atoms with E-state index in [0.717, 1.165) is 23.6 Å². The molecule has 3 nitrogen and oxygen atoms in total. The molecule has 2 aromatic heterocycles. The van der Waals surface area contributed by atoms with E-state index < -0.39 is 0 Å². The summed E-state index contributed by atoms with van der Waals surface area (Å²) in [7, 11) is 0. The Bertz CT molecular complexity index is 483. The van der Waals surface area contributed by atoms with Crippen LogP contribution in [-0.4, -0.2) is 14.4 Å². The van der Waals surface area contributed by atoms with Crippen LogP contribution >= 0.6 is 0 Å². The Labute approximate surface area is 83.8 Å². The number of hydrogen-bond acceptors (Lipinski definition) is 2. The third kappa shape index (κ3) is 1.20. The van der Waals surface area contributed by atoms with Crippen molar-refractivity contribution in [3.63, 3.8) is 0 Å². The minimum Gasteiger partial charge on any atom is -0.285 e. The predicted molar refractivity (Wildman–Crippen MR) is 56.6 cm³/mol. The molecule has 0 bridgehead atoms. The van der Waals surface area contributed by atoms with E-state index in [9.17, 15) is 0 Å². The lowest BCUT2D eigenvalue weighted by Crippen LogP contribution is -1.99. The molecule has 74 valence electrons. The monoisotopic (exact) mass is 189 g/mol. The second-order valence-corrected chi connectivity index (χ2v) is 3.67. The molecule has 0 N–H and O–H groups in total. The molecule has 0 atom stereocenters. The van der Waals surface area contributed by atoms with Crippen LogP contribution in [0.1, 0.15) is 29.7 Å². The Kier molecular flexibility index (Phi) is 2.02. The summed E-state index contributed by atoms with van der Waals surface area (Å²) in [6.07, 6.45) is 0.999. The zero-order chi connectivity index (χ0) is 10.3. The second-order valence-electron chi connectivity index (χ2n) is 3.67. The van der Waals surface area contributed by atoms with Crippen molar-refractivity contribution in [1.29, 1.82) is 0 Å². The summed E-state index contributed by atoms with van der Waals surface area (Å²) in [6, 6.07) is 2.09. The van der Waals surface area contributed by atoms with Crippen molar-refractivity contribution < 1.29 is 0 Å². The van der Waals surface area contributed by atoms with Gasteiger partial charge in [-0.15, -0.1) is 0 Å². The molecule has 14 heavy (non-hydrogen) atoms. The SMILES string of the molecule is CCc1c(C)nc2nc(C)cc(C)n12. The van der Waals surface area contributed by atoms with Gasteiger partial charge < -0.3 is 0 Å². The molecule has 0 saturated heterocycles. The first-order valence-corrected chi connectivity index (χ1v) is 4.95. The molecule has 0 aromatic carbocycles. The van der Waals surface area contributed by atoms with Gasteiger partial charge in [-0.05, 0) is 33.3 Å². The third-order valence-corrected chi connectivity index (χ3v) is 2.54. The topological polar surface area (TPSA) is 30.2 Å². The molecule has 0 aliphatic rings. The molecule has 0 aliphatic carbocycles. The second kappa shape index (κ2) is 3.08. The summed E-state index contributed by atoms with van der Waals surface area (Å²) in [5.41, 5.74) is 4.60. The maximum atomic E-state index is 4.46. The van der Waals surface area contributed by atoms with Gasteiger partial charge in [0.25, 0.3) is 0 Å². The summed E-state index contributed by atoms with van der Waals surface area (Å²) in [4.78, 5) is 8.88. The van der Waals surface area contributed by atoms with Gasteiger partial charge in [-0.1, -0.05) is 6.92 Å². The van der Waals surface area contributed by atoms with Crippen LogP contribution in [0.5, 0.6) is 0 Å². The predicted octanol–water partition coefficient (Wildman–Crippen LogP) is 2.22. The highest BCUT2D eigenvalue weighted by Crippen LogP contribution is 2.14. The molecule has 0 unspecified atom stereocenters. The molecular weight excluding hydrogens is 174 g/mol. The summed E-state index contributed by atoms with van der Waals surface area (Å²) < 4.78 is 2.14. The average molecular weight is 189 g/mol. The fraction of sp³-hybridized carbons (Fsp3) is 0.455. The van der Waals surface area contributed by atoms with Gasteiger partial charge in [0.15, 0.2) is 0 Å². The first kappa shape index (κ1) is 9.19. The van der Waals surface area contributed by atoms with Crippen molar-refractivity contribution in [2.75, 3.05) is 0 Å². The van der Waals surface area contributed by atoms with Crippen LogP contribution in [0.2, 0.25) is 0 Å². The van der Waals surface area contributed by atoms with E-state index in [-0.39, 0.29) is 0 Å². The Hall–Kier alpha value is -1.38. The summed E-state index contributed by atoms with van der Waals surface area (Å²) in [5.74, 6) is 0.830. The number of hydrogen-bond donors (Lipinski definition) is 0. The van der Waals surface area contributed by atoms with E-state index in [1.807, 2.05) is 13.8 Å². The fourth-order valence-electron chi connectivity index (χ4n) is 1.96. The van der Waals surface area contributed by atoms with Crippen LogP contribution in [0, 0.1) is 20.8 Å². The normalized spacial score (nSPS) is 11.1. The lowest BCUT2D eigenvalue weighted by Gasteiger charge is -2.04. The summed E-state index contributed by atoms with van der Waals surface area (Å²) >= 11 is 0. The Morgan fingerprint density at radius 1 is 1.21 bits per heavy atom. The van der Waals surface area contributed by atoms with Crippen LogP contribution in [0.3, 0.4) is 0 Å². The highest BCUT2D eigenvalue weighted by atomic mass is 15.1. The number of aryl methyl sites for hydroxylation is 4. The molecular formula is C11H15N3. The highest BCUT2D eigenvalue weighted by molar-refractivity contribution is 5.38. The van der Waals surface area contributed by atoms with Gasteiger partial charge in [0.2, 0.25) is 5.78 Å². The Morgan fingerprint density at radius 2 is 1.93 bits per heavy atom. The van der Waals surface area contributed by atoms with Gasteiger partial charge in [0.1, 0.15) is 0 Å². The molecule has 0 aliphatic heterocycles. The molecule has 3 heteroatoms. The maximum absolute atomic E-state index is 4.46. The average Bonchev–Trinajstić information content (AvgIpc) is 2.40. The molecule has 0 fully saturated rings. The molecule has 2 aromatic rings. The van der Waals surface area contributed by atoms with Gasteiger partial charge in [-0.2, -0.15) is 0 Å². The zero-order valence-corrected chi connectivity index (χ0v) is 9.13.